The van der Waals surface area contributed by atoms with Gasteiger partial charge in [0.25, 0.3) is 0 Å². The van der Waals surface area contributed by atoms with E-state index in [-0.39, 0.29) is 25.0 Å². The third kappa shape index (κ3) is 8.60. The maximum Gasteiger partial charge on any atom is 0.242 e. The van der Waals surface area contributed by atoms with Gasteiger partial charge in [0.2, 0.25) is 15.9 Å². The summed E-state index contributed by atoms with van der Waals surface area (Å²) in [5.74, 6) is -0.154. The number of ether oxygens (including phenoxy) is 1. The number of anilines is 2. The van der Waals surface area contributed by atoms with E-state index in [1.807, 2.05) is 30.3 Å². The number of rotatable bonds is 11. The molecule has 1 unspecified atom stereocenters. The summed E-state index contributed by atoms with van der Waals surface area (Å²) in [4.78, 5) is 19.3. The van der Waals surface area contributed by atoms with Crippen molar-refractivity contribution < 1.29 is 17.9 Å². The van der Waals surface area contributed by atoms with E-state index in [2.05, 4.69) is 15.7 Å². The van der Waals surface area contributed by atoms with Gasteiger partial charge >= 0.3 is 0 Å². The number of morpholine rings is 1. The van der Waals surface area contributed by atoms with E-state index < -0.39 is 10.0 Å². The third-order valence-electron chi connectivity index (χ3n) is 7.05. The maximum atomic E-state index is 13.7. The van der Waals surface area contributed by atoms with Crippen molar-refractivity contribution in [3.63, 3.8) is 0 Å². The first kappa shape index (κ1) is 31.6. The van der Waals surface area contributed by atoms with Crippen LogP contribution in [0.4, 0.5) is 11.4 Å². The van der Waals surface area contributed by atoms with E-state index in [4.69, 9.17) is 27.9 Å². The van der Waals surface area contributed by atoms with Crippen molar-refractivity contribution in [2.24, 2.45) is 0 Å². The summed E-state index contributed by atoms with van der Waals surface area (Å²) in [6, 6.07) is 22.0. The van der Waals surface area contributed by atoms with Gasteiger partial charge in [0.05, 0.1) is 48.2 Å². The minimum Gasteiger partial charge on any atom is -0.379 e. The molecule has 1 atom stereocenters. The van der Waals surface area contributed by atoms with Crippen molar-refractivity contribution >= 4 is 50.5 Å². The molecule has 0 aliphatic carbocycles. The number of halogens is 2. The van der Waals surface area contributed by atoms with Gasteiger partial charge in [-0.25, -0.2) is 8.42 Å². The molecule has 1 amide bonds. The Morgan fingerprint density at radius 2 is 1.76 bits per heavy atom. The Kier molecular flexibility index (Phi) is 10.7. The number of carbonyl (C=O) groups is 1. The summed E-state index contributed by atoms with van der Waals surface area (Å²) in [5.41, 5.74) is 3.84. The second kappa shape index (κ2) is 14.2. The maximum absolute atomic E-state index is 13.7. The Morgan fingerprint density at radius 3 is 2.40 bits per heavy atom. The molecule has 0 saturated carbocycles. The molecule has 0 aromatic heterocycles. The second-order valence-electron chi connectivity index (χ2n) is 10.1. The van der Waals surface area contributed by atoms with Gasteiger partial charge in [-0.05, 0) is 47.0 Å². The molecular formula is C30H33Cl2N5O4S. The fraction of sp³-hybridized carbons (Fsp3) is 0.333. The van der Waals surface area contributed by atoms with Crippen LogP contribution in [0.5, 0.6) is 0 Å². The van der Waals surface area contributed by atoms with E-state index in [9.17, 15) is 18.5 Å². The van der Waals surface area contributed by atoms with Gasteiger partial charge in [-0.15, -0.1) is 0 Å². The quantitative estimate of drug-likeness (QED) is 0.301. The van der Waals surface area contributed by atoms with Crippen LogP contribution in [0.3, 0.4) is 0 Å². The van der Waals surface area contributed by atoms with Crippen LogP contribution < -0.4 is 9.62 Å². The van der Waals surface area contributed by atoms with Gasteiger partial charge in [0.15, 0.2) is 0 Å². The molecule has 1 saturated heterocycles. The fourth-order valence-corrected chi connectivity index (χ4v) is 5.66. The fourth-order valence-electron chi connectivity index (χ4n) is 4.81. The number of benzene rings is 3. The predicted octanol–water partition coefficient (Wildman–Crippen LogP) is 4.89. The molecule has 12 heteroatoms. The molecular weight excluding hydrogens is 597 g/mol. The minimum atomic E-state index is -3.40. The number of hydrogen-bond acceptors (Lipinski definition) is 7. The lowest BCUT2D eigenvalue weighted by molar-refractivity contribution is -0.131. The van der Waals surface area contributed by atoms with E-state index in [0.717, 1.165) is 36.0 Å². The molecule has 1 heterocycles. The second-order valence-corrected chi connectivity index (χ2v) is 12.7. The molecule has 9 nitrogen and oxygen atoms in total. The van der Waals surface area contributed by atoms with Gasteiger partial charge < -0.3 is 14.5 Å². The Balaban J connectivity index is 1.58. The number of carbonyl (C=O) groups excluding carboxylic acids is 1. The molecule has 1 aliphatic rings. The molecule has 1 N–H and O–H groups in total. The first-order valence-corrected chi connectivity index (χ1v) is 16.0. The van der Waals surface area contributed by atoms with Crippen molar-refractivity contribution in [1.29, 1.82) is 5.26 Å². The number of nitrogens with one attached hydrogen (secondary N) is 1. The van der Waals surface area contributed by atoms with Crippen molar-refractivity contribution in [1.82, 2.24) is 9.80 Å². The summed E-state index contributed by atoms with van der Waals surface area (Å²) < 4.78 is 31.4. The smallest absolute Gasteiger partial charge is 0.242 e. The van der Waals surface area contributed by atoms with Crippen LogP contribution in [0.15, 0.2) is 66.7 Å². The van der Waals surface area contributed by atoms with Crippen LogP contribution in [0, 0.1) is 11.3 Å². The Bertz CT molecular complexity index is 1540. The summed E-state index contributed by atoms with van der Waals surface area (Å²) in [6.45, 7) is 3.40. The zero-order valence-corrected chi connectivity index (χ0v) is 25.8. The molecule has 222 valence electrons. The van der Waals surface area contributed by atoms with Crippen LogP contribution in [0.1, 0.15) is 11.6 Å². The van der Waals surface area contributed by atoms with E-state index in [1.54, 1.807) is 53.2 Å². The SMILES string of the molecule is CN(C(=O)CN(CC#N)c1ccc(Cl)c(Cl)c1)C(CN1CCOCC1)c1ccc(-c2cccc(NS(C)(=O)=O)c2)cc1. The molecule has 3 aromatic rings. The first-order chi connectivity index (χ1) is 20.0. The van der Waals surface area contributed by atoms with Gasteiger partial charge in [0.1, 0.15) is 6.54 Å². The Morgan fingerprint density at radius 1 is 1.05 bits per heavy atom. The highest BCUT2D eigenvalue weighted by atomic mass is 35.5. The summed E-state index contributed by atoms with van der Waals surface area (Å²) in [6.07, 6.45) is 1.12. The molecule has 0 radical (unpaired) electrons. The van der Waals surface area contributed by atoms with Crippen LogP contribution in [0.2, 0.25) is 10.0 Å². The van der Waals surface area contributed by atoms with Gasteiger partial charge in [-0.2, -0.15) is 5.26 Å². The van der Waals surface area contributed by atoms with Crippen molar-refractivity contribution in [3.05, 3.63) is 82.3 Å². The monoisotopic (exact) mass is 629 g/mol. The zero-order chi connectivity index (χ0) is 30.3. The highest BCUT2D eigenvalue weighted by molar-refractivity contribution is 7.92. The summed E-state index contributed by atoms with van der Waals surface area (Å²) in [5, 5.41) is 10.2. The average molecular weight is 631 g/mol. The van der Waals surface area contributed by atoms with Crippen LogP contribution in [-0.4, -0.2) is 83.4 Å². The number of hydrogen-bond donors (Lipinski definition) is 1. The number of nitriles is 1. The number of likely N-dealkylation sites (N-methyl/N-ethyl adjacent to an activating group) is 1. The highest BCUT2D eigenvalue weighted by Crippen LogP contribution is 2.29. The molecule has 4 rings (SSSR count). The predicted molar refractivity (Wildman–Crippen MR) is 167 cm³/mol. The first-order valence-electron chi connectivity index (χ1n) is 13.3. The van der Waals surface area contributed by atoms with Gasteiger partial charge in [-0.1, -0.05) is 59.6 Å². The molecule has 1 fully saturated rings. The Labute approximate surface area is 257 Å². The molecule has 1 aliphatic heterocycles. The summed E-state index contributed by atoms with van der Waals surface area (Å²) >= 11 is 12.3. The normalized spacial score (nSPS) is 14.5. The van der Waals surface area contributed by atoms with Crippen molar-refractivity contribution in [3.8, 4) is 17.2 Å². The standard InChI is InChI=1S/C30H33Cl2N5O4S/c1-35(30(38)21-37(13-12-33)26-10-11-27(31)28(32)19-26)29(20-36-14-16-41-17-15-36)23-8-6-22(7-9-23)24-4-3-5-25(18-24)34-42(2,39)40/h3-11,18-19,29,34H,13-17,20-21H2,1-2H3. The van der Waals surface area contributed by atoms with Crippen LogP contribution in [-0.2, 0) is 19.6 Å². The molecule has 42 heavy (non-hydrogen) atoms. The van der Waals surface area contributed by atoms with Gasteiger partial charge in [0, 0.05) is 38.1 Å². The highest BCUT2D eigenvalue weighted by Gasteiger charge is 2.27. The largest absolute Gasteiger partial charge is 0.379 e. The van der Waals surface area contributed by atoms with Crippen LogP contribution >= 0.6 is 23.2 Å². The topological polar surface area (TPSA) is 106 Å². The van der Waals surface area contributed by atoms with Gasteiger partial charge in [-0.3, -0.25) is 14.4 Å². The average Bonchev–Trinajstić information content (AvgIpc) is 2.96. The van der Waals surface area contributed by atoms with E-state index in [0.29, 0.717) is 41.2 Å². The number of nitrogens with zero attached hydrogens (tertiary/aromatic N) is 4. The van der Waals surface area contributed by atoms with Crippen molar-refractivity contribution in [2.75, 3.05) is 68.9 Å². The molecule has 3 aromatic carbocycles. The van der Waals surface area contributed by atoms with E-state index >= 15 is 0 Å². The third-order valence-corrected chi connectivity index (χ3v) is 8.39. The molecule has 0 spiro atoms. The molecule has 0 bridgehead atoms. The Hall–Kier alpha value is -3.33. The van der Waals surface area contributed by atoms with Crippen LogP contribution in [0.25, 0.3) is 11.1 Å². The van der Waals surface area contributed by atoms with Crippen molar-refractivity contribution in [2.45, 2.75) is 6.04 Å². The lowest BCUT2D eigenvalue weighted by atomic mass is 9.99. The zero-order valence-electron chi connectivity index (χ0n) is 23.5. The number of sulfonamides is 1. The summed E-state index contributed by atoms with van der Waals surface area (Å²) in [7, 11) is -1.62. The lowest BCUT2D eigenvalue weighted by Gasteiger charge is -2.36. The minimum absolute atomic E-state index is 0.00756. The lowest BCUT2D eigenvalue weighted by Crippen LogP contribution is -2.46. The van der Waals surface area contributed by atoms with E-state index in [1.165, 1.54) is 0 Å². The number of amides is 1.